The average Bonchev–Trinajstić information content (AvgIpc) is 2.29. The van der Waals surface area contributed by atoms with Gasteiger partial charge in [0.1, 0.15) is 0 Å². The molecule has 1 atom stereocenters. The van der Waals surface area contributed by atoms with Gasteiger partial charge in [0, 0.05) is 0 Å². The van der Waals surface area contributed by atoms with E-state index in [4.69, 9.17) is 5.73 Å². The molecule has 0 fully saturated rings. The van der Waals surface area contributed by atoms with Crippen molar-refractivity contribution in [1.82, 2.24) is 10.2 Å². The van der Waals surface area contributed by atoms with Gasteiger partial charge >= 0.3 is 0 Å². The fraction of sp³-hybridized carbons (Fsp3) is 0.923. The molecule has 0 aliphatic heterocycles. The van der Waals surface area contributed by atoms with Crippen LogP contribution >= 0.6 is 0 Å². The Morgan fingerprint density at radius 1 is 1.24 bits per heavy atom. The van der Waals surface area contributed by atoms with E-state index in [2.05, 4.69) is 24.1 Å². The SMILES string of the molecule is CCNC(C)(CCCCN(CC)CC)C(N)=O. The molecule has 0 saturated heterocycles. The van der Waals surface area contributed by atoms with Crippen LogP contribution in [0, 0.1) is 0 Å². The first-order valence-corrected chi connectivity index (χ1v) is 6.77. The largest absolute Gasteiger partial charge is 0.368 e. The number of hydrogen-bond donors (Lipinski definition) is 2. The van der Waals surface area contributed by atoms with Crippen LogP contribution in [0.5, 0.6) is 0 Å². The lowest BCUT2D eigenvalue weighted by Crippen LogP contribution is -2.53. The van der Waals surface area contributed by atoms with E-state index in [1.165, 1.54) is 0 Å². The number of carbonyl (C=O) groups is 1. The summed E-state index contributed by atoms with van der Waals surface area (Å²) >= 11 is 0. The molecule has 0 spiro atoms. The van der Waals surface area contributed by atoms with Gasteiger partial charge in [0.15, 0.2) is 0 Å². The lowest BCUT2D eigenvalue weighted by molar-refractivity contribution is -0.124. The molecule has 0 aromatic rings. The zero-order chi connectivity index (χ0) is 13.3. The second-order valence-corrected chi connectivity index (χ2v) is 4.71. The zero-order valence-electron chi connectivity index (χ0n) is 11.9. The van der Waals surface area contributed by atoms with E-state index in [0.717, 1.165) is 45.4 Å². The lowest BCUT2D eigenvalue weighted by atomic mass is 9.94. The van der Waals surface area contributed by atoms with E-state index in [9.17, 15) is 4.79 Å². The van der Waals surface area contributed by atoms with E-state index in [1.54, 1.807) is 0 Å². The second kappa shape index (κ2) is 8.48. The summed E-state index contributed by atoms with van der Waals surface area (Å²) in [5.74, 6) is -0.248. The van der Waals surface area contributed by atoms with Crippen LogP contribution in [0.1, 0.15) is 47.0 Å². The first-order valence-electron chi connectivity index (χ1n) is 6.77. The number of amides is 1. The highest BCUT2D eigenvalue weighted by Gasteiger charge is 2.28. The van der Waals surface area contributed by atoms with Gasteiger partial charge in [-0.3, -0.25) is 4.79 Å². The Morgan fingerprint density at radius 2 is 1.82 bits per heavy atom. The Hall–Kier alpha value is -0.610. The molecule has 0 aromatic carbocycles. The van der Waals surface area contributed by atoms with Gasteiger partial charge in [-0.1, -0.05) is 20.8 Å². The normalized spacial score (nSPS) is 14.9. The summed E-state index contributed by atoms with van der Waals surface area (Å²) in [4.78, 5) is 13.8. The maximum Gasteiger partial charge on any atom is 0.237 e. The highest BCUT2D eigenvalue weighted by atomic mass is 16.1. The second-order valence-electron chi connectivity index (χ2n) is 4.71. The molecule has 0 radical (unpaired) electrons. The lowest BCUT2D eigenvalue weighted by Gasteiger charge is -2.27. The van der Waals surface area contributed by atoms with Crippen molar-refractivity contribution < 1.29 is 4.79 Å². The smallest absolute Gasteiger partial charge is 0.237 e. The van der Waals surface area contributed by atoms with E-state index < -0.39 is 5.54 Å². The van der Waals surface area contributed by atoms with Gasteiger partial charge in [0.2, 0.25) is 5.91 Å². The summed E-state index contributed by atoms with van der Waals surface area (Å²) in [6, 6.07) is 0. The van der Waals surface area contributed by atoms with Crippen molar-refractivity contribution in [1.29, 1.82) is 0 Å². The number of nitrogens with one attached hydrogen (secondary N) is 1. The minimum absolute atomic E-state index is 0.248. The van der Waals surface area contributed by atoms with Gasteiger partial charge in [-0.05, 0) is 52.4 Å². The molecular formula is C13H29N3O. The molecule has 0 heterocycles. The molecular weight excluding hydrogens is 214 g/mol. The first-order chi connectivity index (χ1) is 8.00. The Kier molecular flexibility index (Phi) is 8.17. The van der Waals surface area contributed by atoms with Crippen molar-refractivity contribution in [2.45, 2.75) is 52.5 Å². The Balaban J connectivity index is 3.95. The highest BCUT2D eigenvalue weighted by molar-refractivity contribution is 5.84. The standard InChI is InChI=1S/C13H29N3O/c1-5-15-13(4,12(14)17)10-8-9-11-16(6-2)7-3/h15H,5-11H2,1-4H3,(H2,14,17). The molecule has 1 unspecified atom stereocenters. The number of rotatable bonds is 10. The number of primary amides is 1. The predicted molar refractivity (Wildman–Crippen MR) is 72.9 cm³/mol. The van der Waals surface area contributed by atoms with Crippen molar-refractivity contribution in [3.8, 4) is 0 Å². The monoisotopic (exact) mass is 243 g/mol. The maximum atomic E-state index is 11.4. The molecule has 1 amide bonds. The molecule has 0 rings (SSSR count). The average molecular weight is 243 g/mol. The molecule has 0 aliphatic carbocycles. The first kappa shape index (κ1) is 16.4. The van der Waals surface area contributed by atoms with Crippen molar-refractivity contribution >= 4 is 5.91 Å². The summed E-state index contributed by atoms with van der Waals surface area (Å²) in [5.41, 5.74) is 4.90. The molecule has 0 saturated carbocycles. The molecule has 0 bridgehead atoms. The molecule has 4 heteroatoms. The van der Waals surface area contributed by atoms with E-state index in [1.807, 2.05) is 13.8 Å². The fourth-order valence-electron chi connectivity index (χ4n) is 2.04. The van der Waals surface area contributed by atoms with E-state index in [0.29, 0.717) is 0 Å². The van der Waals surface area contributed by atoms with Crippen molar-refractivity contribution in [3.05, 3.63) is 0 Å². The van der Waals surface area contributed by atoms with Crippen molar-refractivity contribution in [3.63, 3.8) is 0 Å². The third-order valence-electron chi connectivity index (χ3n) is 3.41. The summed E-state index contributed by atoms with van der Waals surface area (Å²) < 4.78 is 0. The summed E-state index contributed by atoms with van der Waals surface area (Å²) in [7, 11) is 0. The van der Waals surface area contributed by atoms with Gasteiger partial charge in [-0.25, -0.2) is 0 Å². The topological polar surface area (TPSA) is 58.4 Å². The summed E-state index contributed by atoms with van der Waals surface area (Å²) in [6.45, 7) is 12.3. The maximum absolute atomic E-state index is 11.4. The molecule has 3 N–H and O–H groups in total. The molecule has 17 heavy (non-hydrogen) atoms. The van der Waals surface area contributed by atoms with Crippen LogP contribution in [0.25, 0.3) is 0 Å². The van der Waals surface area contributed by atoms with Gasteiger partial charge < -0.3 is 16.0 Å². The zero-order valence-corrected chi connectivity index (χ0v) is 11.9. The number of nitrogens with two attached hydrogens (primary N) is 1. The van der Waals surface area contributed by atoms with Gasteiger partial charge in [-0.2, -0.15) is 0 Å². The molecule has 0 aliphatic rings. The van der Waals surface area contributed by atoms with Crippen LogP contribution in [0.3, 0.4) is 0 Å². The number of hydrogen-bond acceptors (Lipinski definition) is 3. The Bertz CT molecular complexity index is 217. The quantitative estimate of drug-likeness (QED) is 0.569. The van der Waals surface area contributed by atoms with Gasteiger partial charge in [0.25, 0.3) is 0 Å². The summed E-state index contributed by atoms with van der Waals surface area (Å²) in [5, 5.41) is 3.19. The van der Waals surface area contributed by atoms with E-state index in [-0.39, 0.29) is 5.91 Å². The summed E-state index contributed by atoms with van der Waals surface area (Å²) in [6.07, 6.45) is 2.97. The molecule has 0 aromatic heterocycles. The van der Waals surface area contributed by atoms with Crippen molar-refractivity contribution in [2.24, 2.45) is 5.73 Å². The third kappa shape index (κ3) is 6.03. The molecule has 102 valence electrons. The van der Waals surface area contributed by atoms with Crippen LogP contribution in [0.15, 0.2) is 0 Å². The minimum atomic E-state index is -0.544. The fourth-order valence-corrected chi connectivity index (χ4v) is 2.04. The Labute approximate surface area is 106 Å². The highest BCUT2D eigenvalue weighted by Crippen LogP contribution is 2.13. The molecule has 4 nitrogen and oxygen atoms in total. The number of carbonyl (C=O) groups excluding carboxylic acids is 1. The van der Waals surface area contributed by atoms with Gasteiger partial charge in [0.05, 0.1) is 5.54 Å². The number of nitrogens with zero attached hydrogens (tertiary/aromatic N) is 1. The third-order valence-corrected chi connectivity index (χ3v) is 3.41. The van der Waals surface area contributed by atoms with Crippen molar-refractivity contribution in [2.75, 3.05) is 26.2 Å². The number of unbranched alkanes of at least 4 members (excludes halogenated alkanes) is 1. The number of likely N-dealkylation sites (N-methyl/N-ethyl adjacent to an activating group) is 1. The van der Waals surface area contributed by atoms with Crippen LogP contribution in [-0.4, -0.2) is 42.5 Å². The van der Waals surface area contributed by atoms with Crippen LogP contribution in [-0.2, 0) is 4.79 Å². The van der Waals surface area contributed by atoms with E-state index >= 15 is 0 Å². The Morgan fingerprint density at radius 3 is 2.24 bits per heavy atom. The van der Waals surface area contributed by atoms with Crippen LogP contribution < -0.4 is 11.1 Å². The van der Waals surface area contributed by atoms with Gasteiger partial charge in [-0.15, -0.1) is 0 Å². The van der Waals surface area contributed by atoms with Crippen LogP contribution in [0.4, 0.5) is 0 Å². The minimum Gasteiger partial charge on any atom is -0.368 e. The van der Waals surface area contributed by atoms with Crippen LogP contribution in [0.2, 0.25) is 0 Å². The predicted octanol–water partition coefficient (Wildman–Crippen LogP) is 1.35.